The topological polar surface area (TPSA) is 105 Å². The molecule has 0 heterocycles. The molecule has 1 fully saturated rings. The summed E-state index contributed by atoms with van der Waals surface area (Å²) >= 11 is 0. The number of rotatable bonds is 8. The highest BCUT2D eigenvalue weighted by atomic mass is 16.5. The second-order valence-electron chi connectivity index (χ2n) is 10.5. The first kappa shape index (κ1) is 23.8. The molecule has 0 saturated heterocycles. The van der Waals surface area contributed by atoms with Gasteiger partial charge in [-0.2, -0.15) is 0 Å². The molecule has 34 heavy (non-hydrogen) atoms. The zero-order valence-corrected chi connectivity index (χ0v) is 20.1. The molecule has 2 amide bonds. The van der Waals surface area contributed by atoms with E-state index in [9.17, 15) is 19.5 Å². The van der Waals surface area contributed by atoms with Crippen molar-refractivity contribution in [1.82, 2.24) is 10.6 Å². The van der Waals surface area contributed by atoms with Gasteiger partial charge in [-0.15, -0.1) is 0 Å². The van der Waals surface area contributed by atoms with Crippen LogP contribution in [0.2, 0.25) is 0 Å². The number of carbonyl (C=O) groups is 3. The Morgan fingerprint density at radius 3 is 2.00 bits per heavy atom. The number of benzene rings is 2. The molecule has 2 aromatic carbocycles. The zero-order chi connectivity index (χ0) is 24.7. The molecular formula is C27H32N2O5. The average Bonchev–Trinajstić information content (AvgIpc) is 3.43. The molecule has 4 rings (SSSR count). The minimum Gasteiger partial charge on any atom is -0.481 e. The smallest absolute Gasteiger partial charge is 0.407 e. The SMILES string of the molecule is CC(C)(NC(=O)CC1(NC(=O)OCC2c3ccccc3-c3ccccc32)CC1)C(C)(C)C(=O)O. The summed E-state index contributed by atoms with van der Waals surface area (Å²) in [4.78, 5) is 37.0. The van der Waals surface area contributed by atoms with Gasteiger partial charge in [-0.3, -0.25) is 9.59 Å². The third kappa shape index (κ3) is 4.39. The van der Waals surface area contributed by atoms with E-state index in [2.05, 4.69) is 34.9 Å². The highest BCUT2D eigenvalue weighted by Crippen LogP contribution is 2.45. The fraction of sp³-hybridized carbons (Fsp3) is 0.444. The van der Waals surface area contributed by atoms with Crippen LogP contribution in [-0.2, 0) is 14.3 Å². The first-order valence-corrected chi connectivity index (χ1v) is 11.6. The van der Waals surface area contributed by atoms with E-state index < -0.39 is 28.6 Å². The normalized spacial score (nSPS) is 16.2. The van der Waals surface area contributed by atoms with E-state index in [0.717, 1.165) is 22.3 Å². The molecule has 0 aliphatic heterocycles. The Balaban J connectivity index is 1.35. The number of fused-ring (bicyclic) bond motifs is 3. The van der Waals surface area contributed by atoms with Crippen molar-refractivity contribution in [2.75, 3.05) is 6.61 Å². The highest BCUT2D eigenvalue weighted by molar-refractivity contribution is 5.83. The summed E-state index contributed by atoms with van der Waals surface area (Å²) in [5.41, 5.74) is 1.84. The summed E-state index contributed by atoms with van der Waals surface area (Å²) in [7, 11) is 0. The monoisotopic (exact) mass is 464 g/mol. The van der Waals surface area contributed by atoms with Crippen LogP contribution in [0.15, 0.2) is 48.5 Å². The molecule has 0 bridgehead atoms. The van der Waals surface area contributed by atoms with Gasteiger partial charge in [0.05, 0.1) is 11.0 Å². The van der Waals surface area contributed by atoms with E-state index in [1.165, 1.54) is 0 Å². The number of amides is 2. The number of carbonyl (C=O) groups excluding carboxylic acids is 2. The molecule has 3 N–H and O–H groups in total. The molecule has 0 aromatic heterocycles. The minimum absolute atomic E-state index is 0.0318. The minimum atomic E-state index is -1.15. The van der Waals surface area contributed by atoms with Crippen LogP contribution >= 0.6 is 0 Å². The lowest BCUT2D eigenvalue weighted by Crippen LogP contribution is -2.57. The predicted octanol–water partition coefficient (Wildman–Crippen LogP) is 4.45. The van der Waals surface area contributed by atoms with Gasteiger partial charge in [0.2, 0.25) is 5.91 Å². The van der Waals surface area contributed by atoms with Crippen LogP contribution in [0.4, 0.5) is 4.79 Å². The Morgan fingerprint density at radius 1 is 0.971 bits per heavy atom. The van der Waals surface area contributed by atoms with Crippen LogP contribution in [0.25, 0.3) is 11.1 Å². The Kier molecular flexibility index (Phi) is 5.92. The van der Waals surface area contributed by atoms with E-state index in [4.69, 9.17) is 4.74 Å². The molecular weight excluding hydrogens is 432 g/mol. The highest BCUT2D eigenvalue weighted by Gasteiger charge is 2.49. The molecule has 0 atom stereocenters. The first-order valence-electron chi connectivity index (χ1n) is 11.6. The predicted molar refractivity (Wildman–Crippen MR) is 128 cm³/mol. The Bertz CT molecular complexity index is 1090. The fourth-order valence-corrected chi connectivity index (χ4v) is 4.47. The molecule has 0 spiro atoms. The van der Waals surface area contributed by atoms with Crippen LogP contribution in [0, 0.1) is 5.41 Å². The number of carboxylic acid groups (broad SMARTS) is 1. The third-order valence-electron chi connectivity index (χ3n) is 7.61. The summed E-state index contributed by atoms with van der Waals surface area (Å²) in [6.45, 7) is 6.76. The molecule has 2 aliphatic carbocycles. The number of hydrogen-bond acceptors (Lipinski definition) is 4. The van der Waals surface area contributed by atoms with Crippen LogP contribution in [0.1, 0.15) is 64.0 Å². The number of ether oxygens (including phenoxy) is 1. The van der Waals surface area contributed by atoms with Crippen molar-refractivity contribution >= 4 is 18.0 Å². The number of nitrogens with one attached hydrogen (secondary N) is 2. The van der Waals surface area contributed by atoms with Gasteiger partial charge in [0.25, 0.3) is 0 Å². The standard InChI is InChI=1S/C27H32N2O5/c1-25(2,23(31)32)26(3,4)28-22(30)15-27(13-14-27)29-24(33)34-16-21-19-11-7-5-9-17(19)18-10-6-8-12-20(18)21/h5-12,21H,13-16H2,1-4H3,(H,28,30)(H,29,33)(H,31,32). The van der Waals surface area contributed by atoms with E-state index in [1.54, 1.807) is 27.7 Å². The quantitative estimate of drug-likeness (QED) is 0.535. The lowest BCUT2D eigenvalue weighted by Gasteiger charge is -2.39. The van der Waals surface area contributed by atoms with Crippen molar-refractivity contribution in [2.45, 2.75) is 64.0 Å². The van der Waals surface area contributed by atoms with Gasteiger partial charge >= 0.3 is 12.1 Å². The van der Waals surface area contributed by atoms with Gasteiger partial charge in [-0.05, 0) is 62.8 Å². The summed E-state index contributed by atoms with van der Waals surface area (Å²) in [6.07, 6.45) is 0.883. The van der Waals surface area contributed by atoms with E-state index in [-0.39, 0.29) is 24.9 Å². The third-order valence-corrected chi connectivity index (χ3v) is 7.61. The van der Waals surface area contributed by atoms with Crippen LogP contribution in [0.5, 0.6) is 0 Å². The number of hydrogen-bond donors (Lipinski definition) is 3. The molecule has 1 saturated carbocycles. The molecule has 2 aromatic rings. The summed E-state index contributed by atoms with van der Waals surface area (Å²) in [6, 6.07) is 16.3. The average molecular weight is 465 g/mol. The van der Waals surface area contributed by atoms with Crippen molar-refractivity contribution in [3.05, 3.63) is 59.7 Å². The Hall–Kier alpha value is -3.35. The van der Waals surface area contributed by atoms with E-state index in [1.807, 2.05) is 24.3 Å². The van der Waals surface area contributed by atoms with Gasteiger partial charge in [0.1, 0.15) is 6.61 Å². The Morgan fingerprint density at radius 2 is 1.50 bits per heavy atom. The summed E-state index contributed by atoms with van der Waals surface area (Å²) < 4.78 is 5.62. The molecule has 0 radical (unpaired) electrons. The lowest BCUT2D eigenvalue weighted by atomic mass is 9.74. The van der Waals surface area contributed by atoms with Gasteiger partial charge in [0, 0.05) is 17.9 Å². The van der Waals surface area contributed by atoms with Crippen LogP contribution in [0.3, 0.4) is 0 Å². The van der Waals surface area contributed by atoms with E-state index >= 15 is 0 Å². The maximum Gasteiger partial charge on any atom is 0.407 e. The van der Waals surface area contributed by atoms with Crippen LogP contribution < -0.4 is 10.6 Å². The van der Waals surface area contributed by atoms with Crippen molar-refractivity contribution < 1.29 is 24.2 Å². The number of alkyl carbamates (subject to hydrolysis) is 1. The van der Waals surface area contributed by atoms with Crippen molar-refractivity contribution in [3.8, 4) is 11.1 Å². The molecule has 7 nitrogen and oxygen atoms in total. The molecule has 0 unspecified atom stereocenters. The maximum atomic E-state index is 12.7. The summed E-state index contributed by atoms with van der Waals surface area (Å²) in [5.74, 6) is -1.32. The number of carboxylic acids is 1. The van der Waals surface area contributed by atoms with Crippen LogP contribution in [-0.4, -0.2) is 40.8 Å². The van der Waals surface area contributed by atoms with Crippen molar-refractivity contribution in [3.63, 3.8) is 0 Å². The van der Waals surface area contributed by atoms with Gasteiger partial charge < -0.3 is 20.5 Å². The largest absolute Gasteiger partial charge is 0.481 e. The fourth-order valence-electron chi connectivity index (χ4n) is 4.47. The second-order valence-corrected chi connectivity index (χ2v) is 10.5. The Labute approximate surface area is 199 Å². The zero-order valence-electron chi connectivity index (χ0n) is 20.1. The molecule has 2 aliphatic rings. The number of aliphatic carboxylic acids is 1. The maximum absolute atomic E-state index is 12.7. The first-order chi connectivity index (χ1) is 16.0. The second kappa shape index (κ2) is 8.46. The summed E-state index contributed by atoms with van der Waals surface area (Å²) in [5, 5.41) is 15.2. The van der Waals surface area contributed by atoms with E-state index in [0.29, 0.717) is 12.8 Å². The lowest BCUT2D eigenvalue weighted by molar-refractivity contribution is -0.151. The van der Waals surface area contributed by atoms with Gasteiger partial charge in [0.15, 0.2) is 0 Å². The van der Waals surface area contributed by atoms with Crippen molar-refractivity contribution in [1.29, 1.82) is 0 Å². The van der Waals surface area contributed by atoms with Gasteiger partial charge in [-0.1, -0.05) is 48.5 Å². The molecule has 180 valence electrons. The van der Waals surface area contributed by atoms with Gasteiger partial charge in [-0.25, -0.2) is 4.79 Å². The van der Waals surface area contributed by atoms with Crippen molar-refractivity contribution in [2.24, 2.45) is 5.41 Å². The molecule has 7 heteroatoms.